The van der Waals surface area contributed by atoms with E-state index in [9.17, 15) is 14.4 Å². The zero-order valence-electron chi connectivity index (χ0n) is 51.6. The first-order chi connectivity index (χ1) is 39.0. The number of rotatable bonds is 59. The predicted octanol–water partition coefficient (Wildman–Crippen LogP) is 22.8. The van der Waals surface area contributed by atoms with Crippen molar-refractivity contribution < 1.29 is 28.6 Å². The first-order valence-electron chi connectivity index (χ1n) is 33.0. The second-order valence-corrected chi connectivity index (χ2v) is 21.6. The van der Waals surface area contributed by atoms with E-state index in [0.29, 0.717) is 12.8 Å². The van der Waals surface area contributed by atoms with Gasteiger partial charge in [-0.1, -0.05) is 277 Å². The van der Waals surface area contributed by atoms with Crippen LogP contribution in [-0.4, -0.2) is 37.2 Å². The molecule has 79 heavy (non-hydrogen) atoms. The maximum Gasteiger partial charge on any atom is 0.306 e. The Labute approximate surface area is 488 Å². The molecular weight excluding hydrogens is 973 g/mol. The van der Waals surface area contributed by atoms with Gasteiger partial charge in [-0.2, -0.15) is 0 Å². The Hall–Kier alpha value is -4.19. The van der Waals surface area contributed by atoms with E-state index in [1.165, 1.54) is 122 Å². The molecule has 0 spiro atoms. The van der Waals surface area contributed by atoms with Crippen molar-refractivity contribution in [3.8, 4) is 0 Å². The Bertz CT molecular complexity index is 1640. The molecule has 6 heteroatoms. The Morgan fingerprint density at radius 2 is 0.494 bits per heavy atom. The summed E-state index contributed by atoms with van der Waals surface area (Å²) in [5.41, 5.74) is 0. The van der Waals surface area contributed by atoms with Crippen molar-refractivity contribution in [2.75, 3.05) is 13.2 Å². The highest BCUT2D eigenvalue weighted by atomic mass is 16.6. The molecule has 1 atom stereocenters. The van der Waals surface area contributed by atoms with Gasteiger partial charge < -0.3 is 14.2 Å². The van der Waals surface area contributed by atoms with Crippen molar-refractivity contribution in [2.24, 2.45) is 0 Å². The van der Waals surface area contributed by atoms with Gasteiger partial charge in [-0.3, -0.25) is 14.4 Å². The summed E-state index contributed by atoms with van der Waals surface area (Å²) in [6.07, 6.45) is 92.1. The van der Waals surface area contributed by atoms with Crippen molar-refractivity contribution >= 4 is 17.9 Å². The molecule has 0 saturated heterocycles. The quantitative estimate of drug-likeness (QED) is 0.0261. The Morgan fingerprint density at radius 3 is 0.785 bits per heavy atom. The lowest BCUT2D eigenvalue weighted by Gasteiger charge is -2.18. The van der Waals surface area contributed by atoms with Crippen molar-refractivity contribution in [1.82, 2.24) is 0 Å². The number of unbranched alkanes of at least 4 members (excludes halogenated alkanes) is 28. The van der Waals surface area contributed by atoms with Gasteiger partial charge >= 0.3 is 17.9 Å². The predicted molar refractivity (Wildman–Crippen MR) is 343 cm³/mol. The molecule has 0 heterocycles. The Morgan fingerprint density at radius 1 is 0.266 bits per heavy atom. The van der Waals surface area contributed by atoms with Crippen LogP contribution in [0.5, 0.6) is 0 Å². The highest BCUT2D eigenvalue weighted by Gasteiger charge is 2.19. The lowest BCUT2D eigenvalue weighted by Crippen LogP contribution is -2.30. The number of hydrogen-bond acceptors (Lipinski definition) is 6. The third kappa shape index (κ3) is 64.5. The maximum absolute atomic E-state index is 12.9. The fourth-order valence-electron chi connectivity index (χ4n) is 9.04. The number of carbonyl (C=O) groups excluding carboxylic acids is 3. The van der Waals surface area contributed by atoms with Gasteiger partial charge in [-0.15, -0.1) is 0 Å². The molecule has 0 N–H and O–H groups in total. The van der Waals surface area contributed by atoms with Gasteiger partial charge in [0.15, 0.2) is 6.10 Å². The molecule has 0 aromatic heterocycles. The molecule has 0 aromatic rings. The minimum absolute atomic E-state index is 0.0986. The normalized spacial score (nSPS) is 12.9. The first-order valence-corrected chi connectivity index (χ1v) is 33.0. The van der Waals surface area contributed by atoms with Crippen LogP contribution in [0.3, 0.4) is 0 Å². The summed E-state index contributed by atoms with van der Waals surface area (Å²) in [5.74, 6) is -0.943. The lowest BCUT2D eigenvalue weighted by molar-refractivity contribution is -0.167. The van der Waals surface area contributed by atoms with E-state index in [-0.39, 0.29) is 37.5 Å². The van der Waals surface area contributed by atoms with Crippen molar-refractivity contribution in [2.45, 2.75) is 309 Å². The third-order valence-electron chi connectivity index (χ3n) is 13.9. The highest BCUT2D eigenvalue weighted by Crippen LogP contribution is 2.16. The highest BCUT2D eigenvalue weighted by molar-refractivity contribution is 5.71. The van der Waals surface area contributed by atoms with Crippen LogP contribution in [0.4, 0.5) is 0 Å². The van der Waals surface area contributed by atoms with Crippen LogP contribution in [0.25, 0.3) is 0 Å². The molecular formula is C73H122O6. The standard InChI is InChI=1S/C73H122O6/c1-4-7-10-13-16-19-22-25-28-30-32-33-34-35-36-37-38-39-41-42-45-48-51-54-57-60-63-66-72(75)78-69-70(68-77-71(74)65-62-59-56-53-50-47-44-27-24-21-18-15-12-9-6-3)79-73(76)67-64-61-58-55-52-49-46-43-40-31-29-26-23-20-17-14-11-8-5-2/h8-9,11-12,17-18,20-22,25-27,29-30,32,40,43-44,49,52,70H,4-7,10,13-16,19,23-24,28,31,33-39,41-42,45-48,50-51,53-69H2,1-3H3/b11-8-,12-9-,20-17-,21-18-,25-22-,29-26-,32-30-,43-40-,44-27-,52-49-. The van der Waals surface area contributed by atoms with Crippen LogP contribution in [0.1, 0.15) is 303 Å². The van der Waals surface area contributed by atoms with Crippen LogP contribution in [0, 0.1) is 0 Å². The number of esters is 3. The van der Waals surface area contributed by atoms with E-state index in [0.717, 1.165) is 141 Å². The van der Waals surface area contributed by atoms with E-state index in [1.807, 2.05) is 0 Å². The molecule has 0 rings (SSSR count). The molecule has 0 aliphatic rings. The minimum Gasteiger partial charge on any atom is -0.462 e. The molecule has 450 valence electrons. The summed E-state index contributed by atoms with van der Waals surface area (Å²) in [6.45, 7) is 6.38. The molecule has 0 saturated carbocycles. The molecule has 1 unspecified atom stereocenters. The topological polar surface area (TPSA) is 78.9 Å². The van der Waals surface area contributed by atoms with Gasteiger partial charge in [0.2, 0.25) is 0 Å². The summed E-state index contributed by atoms with van der Waals surface area (Å²) < 4.78 is 16.9. The largest absolute Gasteiger partial charge is 0.462 e. The van der Waals surface area contributed by atoms with E-state index in [4.69, 9.17) is 14.2 Å². The maximum atomic E-state index is 12.9. The van der Waals surface area contributed by atoms with Crippen molar-refractivity contribution in [1.29, 1.82) is 0 Å². The second-order valence-electron chi connectivity index (χ2n) is 21.6. The number of hydrogen-bond donors (Lipinski definition) is 0. The number of allylic oxidation sites excluding steroid dienone is 20. The first kappa shape index (κ1) is 74.8. The minimum atomic E-state index is -0.807. The summed E-state index contributed by atoms with van der Waals surface area (Å²) in [6, 6.07) is 0. The van der Waals surface area contributed by atoms with Gasteiger partial charge in [0.1, 0.15) is 13.2 Å². The average Bonchev–Trinajstić information content (AvgIpc) is 3.45. The average molecular weight is 1100 g/mol. The zero-order chi connectivity index (χ0) is 57.1. The van der Waals surface area contributed by atoms with Gasteiger partial charge in [-0.25, -0.2) is 0 Å². The zero-order valence-corrected chi connectivity index (χ0v) is 51.6. The van der Waals surface area contributed by atoms with Crippen molar-refractivity contribution in [3.63, 3.8) is 0 Å². The smallest absolute Gasteiger partial charge is 0.306 e. The number of ether oxygens (including phenoxy) is 3. The van der Waals surface area contributed by atoms with Crippen LogP contribution in [-0.2, 0) is 28.6 Å². The summed E-state index contributed by atoms with van der Waals surface area (Å²) >= 11 is 0. The molecule has 0 bridgehead atoms. The number of carbonyl (C=O) groups is 3. The lowest BCUT2D eigenvalue weighted by atomic mass is 10.0. The fraction of sp³-hybridized carbons (Fsp3) is 0.685. The van der Waals surface area contributed by atoms with E-state index < -0.39 is 6.10 Å². The van der Waals surface area contributed by atoms with Crippen LogP contribution in [0.15, 0.2) is 122 Å². The molecule has 0 fully saturated rings. The van der Waals surface area contributed by atoms with Gasteiger partial charge in [0, 0.05) is 19.3 Å². The monoisotopic (exact) mass is 1090 g/mol. The molecule has 0 radical (unpaired) electrons. The fourth-order valence-corrected chi connectivity index (χ4v) is 9.04. The SMILES string of the molecule is CC/C=C\C/C=C\C/C=C\C/C=C\C/C=C\CCCCCC(=O)OC(COC(=O)CCCCCCC/C=C\C/C=C\C/C=C\CC)COC(=O)CCCCCCCCCCCCCCCCC/C=C\C/C=C\CCCCCCC. The second kappa shape index (κ2) is 66.3. The Kier molecular flexibility index (Phi) is 62.8. The molecule has 0 aliphatic heterocycles. The van der Waals surface area contributed by atoms with Gasteiger partial charge in [0.05, 0.1) is 0 Å². The Balaban J connectivity index is 4.36. The van der Waals surface area contributed by atoms with Gasteiger partial charge in [-0.05, 0) is 128 Å². The van der Waals surface area contributed by atoms with Crippen LogP contribution >= 0.6 is 0 Å². The van der Waals surface area contributed by atoms with Crippen LogP contribution in [0.2, 0.25) is 0 Å². The summed E-state index contributed by atoms with van der Waals surface area (Å²) in [5, 5.41) is 0. The van der Waals surface area contributed by atoms with E-state index >= 15 is 0 Å². The molecule has 0 aromatic carbocycles. The van der Waals surface area contributed by atoms with E-state index in [2.05, 4.69) is 142 Å². The summed E-state index contributed by atoms with van der Waals surface area (Å²) in [4.78, 5) is 38.4. The van der Waals surface area contributed by atoms with Crippen molar-refractivity contribution in [3.05, 3.63) is 122 Å². The third-order valence-corrected chi connectivity index (χ3v) is 13.9. The molecule has 0 aliphatic carbocycles. The summed E-state index contributed by atoms with van der Waals surface area (Å²) in [7, 11) is 0. The van der Waals surface area contributed by atoms with Crippen LogP contribution < -0.4 is 0 Å². The molecule has 6 nitrogen and oxygen atoms in total. The van der Waals surface area contributed by atoms with E-state index in [1.54, 1.807) is 0 Å². The van der Waals surface area contributed by atoms with Gasteiger partial charge in [0.25, 0.3) is 0 Å². The molecule has 0 amide bonds.